The van der Waals surface area contributed by atoms with Gasteiger partial charge >= 0.3 is 0 Å². The number of benzene rings is 8. The zero-order valence-corrected chi connectivity index (χ0v) is 38.0. The highest BCUT2D eigenvalue weighted by atomic mass is 32.3. The van der Waals surface area contributed by atoms with Crippen LogP contribution in [0.25, 0.3) is 100.0 Å². The molecule has 2 aromatic heterocycles. The maximum Gasteiger partial charge on any atom is 0.161 e. The molecule has 66 heavy (non-hydrogen) atoms. The van der Waals surface area contributed by atoms with E-state index in [2.05, 4.69) is 170 Å². The quantitative estimate of drug-likeness (QED) is 0.177. The van der Waals surface area contributed by atoms with Gasteiger partial charge in [-0.05, 0) is 154 Å². The molecule has 4 fully saturated rings. The van der Waals surface area contributed by atoms with E-state index in [1.165, 1.54) is 81.2 Å². The van der Waals surface area contributed by atoms with E-state index >= 15 is 0 Å². The van der Waals surface area contributed by atoms with Crippen molar-refractivity contribution in [1.82, 2.24) is 9.97 Å². The number of nitrogens with zero attached hydrogens (tertiary/aromatic N) is 2. The van der Waals surface area contributed by atoms with Crippen LogP contribution in [-0.2, 0) is 5.41 Å². The first-order chi connectivity index (χ1) is 32.4. The summed E-state index contributed by atoms with van der Waals surface area (Å²) >= 11 is 0. The topological polar surface area (TPSA) is 38.9 Å². The number of hydrogen-bond acceptors (Lipinski definition) is 3. The molecule has 0 saturated heterocycles. The largest absolute Gasteiger partial charge is 0.456 e. The van der Waals surface area contributed by atoms with Gasteiger partial charge in [0.1, 0.15) is 11.2 Å². The first-order valence-corrected chi connectivity index (χ1v) is 26.4. The van der Waals surface area contributed by atoms with Crippen LogP contribution < -0.4 is 0 Å². The number of para-hydroxylation sites is 1. The smallest absolute Gasteiger partial charge is 0.161 e. The van der Waals surface area contributed by atoms with Gasteiger partial charge in [-0.2, -0.15) is 10.0 Å². The van der Waals surface area contributed by atoms with Crippen molar-refractivity contribution in [2.24, 2.45) is 23.7 Å². The van der Waals surface area contributed by atoms with Crippen LogP contribution in [0.1, 0.15) is 43.2 Å². The van der Waals surface area contributed by atoms with Crippen molar-refractivity contribution in [3.63, 3.8) is 0 Å². The number of rotatable bonds is 4. The SMILES string of the molecule is CS1(C)c2ccccc2-c2cc3c(c(-c4ccc(-c5nc(-c6ccccc6)cc(-c6cccc7oc8ccccc8c67)n5)c5ccccc45)c21)-c1ccccc1C31C2CC3CC(C2)CC1C3. The zero-order chi connectivity index (χ0) is 43.5. The summed E-state index contributed by atoms with van der Waals surface area (Å²) in [7, 11) is -1.40. The summed E-state index contributed by atoms with van der Waals surface area (Å²) in [5.41, 5.74) is 18.6. The van der Waals surface area contributed by atoms with Gasteiger partial charge in [-0.3, -0.25) is 0 Å². The lowest BCUT2D eigenvalue weighted by Gasteiger charge is -2.61. The van der Waals surface area contributed by atoms with Gasteiger partial charge in [0.25, 0.3) is 0 Å². The van der Waals surface area contributed by atoms with Crippen molar-refractivity contribution in [3.8, 4) is 67.3 Å². The van der Waals surface area contributed by atoms with Crippen LogP contribution in [0.5, 0.6) is 0 Å². The average molecular weight is 869 g/mol. The Morgan fingerprint density at radius 3 is 1.89 bits per heavy atom. The van der Waals surface area contributed by atoms with Gasteiger partial charge in [-0.1, -0.05) is 133 Å². The summed E-state index contributed by atoms with van der Waals surface area (Å²) in [5, 5.41) is 4.58. The second-order valence-corrected chi connectivity index (χ2v) is 23.9. The van der Waals surface area contributed by atoms with E-state index in [1.807, 2.05) is 12.1 Å². The molecular weight excluding hydrogens is 821 g/mol. The van der Waals surface area contributed by atoms with E-state index in [0.717, 1.165) is 67.7 Å². The third kappa shape index (κ3) is 4.90. The maximum atomic E-state index is 6.40. The Morgan fingerprint density at radius 2 is 1.09 bits per heavy atom. The number of aromatic nitrogens is 2. The van der Waals surface area contributed by atoms with Crippen molar-refractivity contribution in [2.75, 3.05) is 12.5 Å². The molecular formula is C62H48N2OS. The highest BCUT2D eigenvalue weighted by Gasteiger charge is 2.62. The van der Waals surface area contributed by atoms with Crippen LogP contribution in [0.15, 0.2) is 184 Å². The van der Waals surface area contributed by atoms with E-state index in [1.54, 1.807) is 16.0 Å². The fourth-order valence-electron chi connectivity index (χ4n) is 14.7. The van der Waals surface area contributed by atoms with E-state index in [9.17, 15) is 0 Å². The van der Waals surface area contributed by atoms with Gasteiger partial charge in [-0.25, -0.2) is 9.97 Å². The predicted octanol–water partition coefficient (Wildman–Crippen LogP) is 16.4. The highest BCUT2D eigenvalue weighted by Crippen LogP contribution is 2.75. The molecule has 1 aliphatic heterocycles. The van der Waals surface area contributed by atoms with Crippen LogP contribution in [0.4, 0.5) is 0 Å². The Labute approximate surface area is 386 Å². The van der Waals surface area contributed by atoms with E-state index in [0.29, 0.717) is 11.8 Å². The second kappa shape index (κ2) is 13.4. The Bertz CT molecular complexity index is 3680. The molecule has 3 nitrogen and oxygen atoms in total. The van der Waals surface area contributed by atoms with E-state index < -0.39 is 10.0 Å². The first-order valence-electron chi connectivity index (χ1n) is 24.0. The zero-order valence-electron chi connectivity index (χ0n) is 37.2. The van der Waals surface area contributed by atoms with Gasteiger partial charge in [0.05, 0.1) is 11.4 Å². The van der Waals surface area contributed by atoms with Crippen LogP contribution in [0.2, 0.25) is 0 Å². The van der Waals surface area contributed by atoms with Crippen molar-refractivity contribution in [3.05, 3.63) is 181 Å². The lowest BCUT2D eigenvalue weighted by Crippen LogP contribution is -2.55. The molecule has 0 N–H and O–H groups in total. The minimum Gasteiger partial charge on any atom is -0.456 e. The third-order valence-electron chi connectivity index (χ3n) is 16.9. The van der Waals surface area contributed by atoms with Crippen LogP contribution in [-0.4, -0.2) is 22.5 Å². The molecule has 0 amide bonds. The second-order valence-electron chi connectivity index (χ2n) is 20.4. The molecule has 0 unspecified atom stereocenters. The lowest BCUT2D eigenvalue weighted by atomic mass is 9.43. The number of fused-ring (bicyclic) bond motifs is 10. The van der Waals surface area contributed by atoms with E-state index in [4.69, 9.17) is 14.4 Å². The molecule has 10 aromatic rings. The van der Waals surface area contributed by atoms with Gasteiger partial charge in [0, 0.05) is 48.2 Å². The Kier molecular flexibility index (Phi) is 7.62. The van der Waals surface area contributed by atoms with Crippen LogP contribution in [0, 0.1) is 23.7 Å². The van der Waals surface area contributed by atoms with Gasteiger partial charge in [0.2, 0.25) is 0 Å². The molecule has 1 spiro atoms. The third-order valence-corrected chi connectivity index (χ3v) is 19.8. The van der Waals surface area contributed by atoms with Crippen LogP contribution in [0.3, 0.4) is 0 Å². The number of furan rings is 1. The molecule has 4 heteroatoms. The summed E-state index contributed by atoms with van der Waals surface area (Å²) in [6.45, 7) is 0. The fraction of sp³-hybridized carbons (Fsp3) is 0.194. The Balaban J connectivity index is 1.01. The van der Waals surface area contributed by atoms with E-state index in [-0.39, 0.29) is 5.41 Å². The first kappa shape index (κ1) is 37.5. The minimum absolute atomic E-state index is 0.0567. The standard InChI is InChI=1S/C62H48N2OS/c1-66(2)56-26-13-10-19-43(56)49-34-51-58(46-20-8-11-23-50(46)62(51)39-30-36-29-37(32-39)33-40(62)31-36)59(60(49)66)44-27-28-45(42-18-7-6-17-41(42)44)61-63-52(38-15-4-3-5-16-38)35-53(64-61)47-22-14-25-55-57(47)48-21-9-12-24-54(48)65-55/h3-28,34-37,39-40H,29-33H2,1-2H3. The monoisotopic (exact) mass is 868 g/mol. The predicted molar refractivity (Wildman–Crippen MR) is 273 cm³/mol. The van der Waals surface area contributed by atoms with Crippen molar-refractivity contribution >= 4 is 42.7 Å². The fourth-order valence-corrected chi connectivity index (χ4v) is 17.5. The van der Waals surface area contributed by atoms with Gasteiger partial charge in [0.15, 0.2) is 5.82 Å². The highest BCUT2D eigenvalue weighted by molar-refractivity contribution is 8.33. The molecule has 4 saturated carbocycles. The summed E-state index contributed by atoms with van der Waals surface area (Å²) in [5.74, 6) is 3.87. The molecule has 3 heterocycles. The van der Waals surface area contributed by atoms with Gasteiger partial charge in [-0.15, -0.1) is 0 Å². The summed E-state index contributed by atoms with van der Waals surface area (Å²) in [4.78, 5) is 14.0. The molecule has 0 radical (unpaired) electrons. The summed E-state index contributed by atoms with van der Waals surface area (Å²) in [6.07, 6.45) is 12.0. The molecule has 0 atom stereocenters. The minimum atomic E-state index is -1.40. The molecule has 4 bridgehead atoms. The number of hydrogen-bond donors (Lipinski definition) is 0. The Morgan fingerprint density at radius 1 is 0.470 bits per heavy atom. The van der Waals surface area contributed by atoms with Crippen molar-refractivity contribution in [1.29, 1.82) is 0 Å². The lowest BCUT2D eigenvalue weighted by molar-refractivity contribution is -0.0399. The summed E-state index contributed by atoms with van der Waals surface area (Å²) < 4.78 is 6.40. The molecule has 5 aliphatic carbocycles. The normalized spacial score (nSPS) is 23.1. The Hall–Kier alpha value is -6.75. The molecule has 8 aromatic carbocycles. The average Bonchev–Trinajstić information content (AvgIpc) is 3.96. The van der Waals surface area contributed by atoms with Gasteiger partial charge < -0.3 is 4.42 Å². The molecule has 6 aliphatic rings. The molecule has 318 valence electrons. The van der Waals surface area contributed by atoms with Crippen molar-refractivity contribution in [2.45, 2.75) is 47.3 Å². The summed E-state index contributed by atoms with van der Waals surface area (Å²) in [6, 6.07) is 63.0. The van der Waals surface area contributed by atoms with Crippen molar-refractivity contribution < 1.29 is 4.42 Å². The molecule has 16 rings (SSSR count). The maximum absolute atomic E-state index is 6.40. The van der Waals surface area contributed by atoms with Crippen LogP contribution >= 0.6 is 10.0 Å².